The second kappa shape index (κ2) is 9.07. The van der Waals surface area contributed by atoms with Crippen molar-refractivity contribution in [3.05, 3.63) is 88.8 Å². The average molecular weight is 413 g/mol. The van der Waals surface area contributed by atoms with Crippen molar-refractivity contribution in [2.75, 3.05) is 12.4 Å². The quantitative estimate of drug-likeness (QED) is 0.348. The summed E-state index contributed by atoms with van der Waals surface area (Å²) < 4.78 is 9.86. The first-order valence-corrected chi connectivity index (χ1v) is 8.95. The number of benzene rings is 2. The highest BCUT2D eigenvalue weighted by atomic mass is 35.5. The SMILES string of the molecule is COC(=O)c1ccccc1N[C@H](NC(=O)c1ccco1)C(=O)c1ccc(Cl)cc1. The number of anilines is 1. The highest BCUT2D eigenvalue weighted by Gasteiger charge is 2.25. The summed E-state index contributed by atoms with van der Waals surface area (Å²) in [7, 11) is 1.26. The lowest BCUT2D eigenvalue weighted by Crippen LogP contribution is -2.46. The van der Waals surface area contributed by atoms with Crippen LogP contribution in [0, 0.1) is 0 Å². The summed E-state index contributed by atoms with van der Waals surface area (Å²) in [5.41, 5.74) is 0.866. The lowest BCUT2D eigenvalue weighted by molar-refractivity contribution is 0.0601. The summed E-state index contributed by atoms with van der Waals surface area (Å²) in [5, 5.41) is 5.97. The van der Waals surface area contributed by atoms with Crippen molar-refractivity contribution in [2.24, 2.45) is 0 Å². The molecule has 0 bridgehead atoms. The van der Waals surface area contributed by atoms with Gasteiger partial charge in [-0.2, -0.15) is 0 Å². The number of rotatable bonds is 7. The molecular weight excluding hydrogens is 396 g/mol. The molecule has 0 aliphatic rings. The molecule has 3 aromatic rings. The fourth-order valence-corrected chi connectivity index (χ4v) is 2.74. The molecule has 2 aromatic carbocycles. The van der Waals surface area contributed by atoms with Gasteiger partial charge in [0.25, 0.3) is 5.91 Å². The standard InChI is InChI=1S/C21H17ClN2O5/c1-28-21(27)15-5-2-3-6-16(15)23-19(24-20(26)17-7-4-12-29-17)18(25)13-8-10-14(22)11-9-13/h2-12,19,23H,1H3,(H,24,26)/t19-/m1/s1. The number of para-hydroxylation sites is 1. The summed E-state index contributed by atoms with van der Waals surface area (Å²) in [4.78, 5) is 37.5. The summed E-state index contributed by atoms with van der Waals surface area (Å²) >= 11 is 5.89. The molecule has 148 valence electrons. The van der Waals surface area contributed by atoms with Crippen LogP contribution in [0.4, 0.5) is 5.69 Å². The number of esters is 1. The van der Waals surface area contributed by atoms with Crippen LogP contribution in [0.2, 0.25) is 5.02 Å². The second-order valence-corrected chi connectivity index (χ2v) is 6.37. The van der Waals surface area contributed by atoms with Crippen molar-refractivity contribution < 1.29 is 23.5 Å². The lowest BCUT2D eigenvalue weighted by Gasteiger charge is -2.21. The Bertz CT molecular complexity index is 1020. The van der Waals surface area contributed by atoms with Crippen LogP contribution in [-0.4, -0.2) is 30.9 Å². The number of halogens is 1. The van der Waals surface area contributed by atoms with Gasteiger partial charge in [-0.3, -0.25) is 9.59 Å². The van der Waals surface area contributed by atoms with Crippen molar-refractivity contribution in [3.63, 3.8) is 0 Å². The predicted molar refractivity (Wildman–Crippen MR) is 107 cm³/mol. The minimum Gasteiger partial charge on any atom is -0.465 e. The van der Waals surface area contributed by atoms with Crippen molar-refractivity contribution in [2.45, 2.75) is 6.17 Å². The molecule has 0 unspecified atom stereocenters. The molecule has 0 saturated heterocycles. The van der Waals surface area contributed by atoms with Crippen molar-refractivity contribution >= 4 is 34.9 Å². The van der Waals surface area contributed by atoms with E-state index in [-0.39, 0.29) is 11.3 Å². The number of nitrogens with one attached hydrogen (secondary N) is 2. The molecule has 0 fully saturated rings. The third-order valence-corrected chi connectivity index (χ3v) is 4.30. The first kappa shape index (κ1) is 20.2. The molecule has 2 N–H and O–H groups in total. The maximum absolute atomic E-state index is 13.0. The maximum Gasteiger partial charge on any atom is 0.339 e. The van der Waals surface area contributed by atoms with Gasteiger partial charge in [0.05, 0.1) is 24.6 Å². The van der Waals surface area contributed by atoms with Crippen LogP contribution in [0.3, 0.4) is 0 Å². The zero-order valence-corrected chi connectivity index (χ0v) is 16.1. The highest BCUT2D eigenvalue weighted by Crippen LogP contribution is 2.19. The van der Waals surface area contributed by atoms with Crippen molar-refractivity contribution in [1.29, 1.82) is 0 Å². The van der Waals surface area contributed by atoms with Crippen LogP contribution in [0.1, 0.15) is 31.3 Å². The molecule has 1 heterocycles. The minimum absolute atomic E-state index is 0.0435. The predicted octanol–water partition coefficient (Wildman–Crippen LogP) is 3.77. The number of methoxy groups -OCH3 is 1. The number of furan rings is 1. The normalized spacial score (nSPS) is 11.4. The molecule has 0 aliphatic carbocycles. The highest BCUT2D eigenvalue weighted by molar-refractivity contribution is 6.30. The Morgan fingerprint density at radius 3 is 2.38 bits per heavy atom. The monoisotopic (exact) mass is 412 g/mol. The fourth-order valence-electron chi connectivity index (χ4n) is 2.61. The van der Waals surface area contributed by atoms with E-state index < -0.39 is 23.8 Å². The molecule has 8 heteroatoms. The molecule has 0 spiro atoms. The number of hydrogen-bond acceptors (Lipinski definition) is 6. The Balaban J connectivity index is 1.92. The number of ether oxygens (including phenoxy) is 1. The third kappa shape index (κ3) is 4.83. The number of carbonyl (C=O) groups is 3. The number of hydrogen-bond donors (Lipinski definition) is 2. The third-order valence-electron chi connectivity index (χ3n) is 4.04. The molecule has 1 aromatic heterocycles. The van der Waals surface area contributed by atoms with Gasteiger partial charge in [-0.1, -0.05) is 23.7 Å². The maximum atomic E-state index is 13.0. The van der Waals surface area contributed by atoms with E-state index in [1.807, 2.05) is 0 Å². The van der Waals surface area contributed by atoms with Crippen LogP contribution < -0.4 is 10.6 Å². The van der Waals surface area contributed by atoms with E-state index in [9.17, 15) is 14.4 Å². The van der Waals surface area contributed by atoms with E-state index in [0.29, 0.717) is 16.3 Å². The van der Waals surface area contributed by atoms with Crippen LogP contribution in [0.5, 0.6) is 0 Å². The van der Waals surface area contributed by atoms with Gasteiger partial charge >= 0.3 is 5.97 Å². The Labute approximate surface area is 171 Å². The van der Waals surface area contributed by atoms with E-state index in [0.717, 1.165) is 0 Å². The number of amides is 1. The number of Topliss-reactive ketones (excluding diaryl/α,β-unsaturated/α-hetero) is 1. The molecule has 0 aliphatic heterocycles. The average Bonchev–Trinajstić information content (AvgIpc) is 3.28. The molecule has 29 heavy (non-hydrogen) atoms. The summed E-state index contributed by atoms with van der Waals surface area (Å²) in [5.74, 6) is -1.56. The van der Waals surface area contributed by atoms with Crippen LogP contribution in [0.15, 0.2) is 71.3 Å². The molecular formula is C21H17ClN2O5. The van der Waals surface area contributed by atoms with E-state index in [2.05, 4.69) is 10.6 Å². The van der Waals surface area contributed by atoms with Crippen molar-refractivity contribution in [1.82, 2.24) is 5.32 Å². The van der Waals surface area contributed by atoms with Gasteiger partial charge in [0.2, 0.25) is 5.78 Å². The molecule has 7 nitrogen and oxygen atoms in total. The largest absolute Gasteiger partial charge is 0.465 e. The van der Waals surface area contributed by atoms with Gasteiger partial charge in [0.15, 0.2) is 11.9 Å². The number of carbonyl (C=O) groups excluding carboxylic acids is 3. The smallest absolute Gasteiger partial charge is 0.339 e. The van der Waals surface area contributed by atoms with Crippen LogP contribution in [-0.2, 0) is 4.74 Å². The molecule has 1 atom stereocenters. The summed E-state index contributed by atoms with van der Waals surface area (Å²) in [6, 6.07) is 15.8. The van der Waals surface area contributed by atoms with E-state index >= 15 is 0 Å². The van der Waals surface area contributed by atoms with Gasteiger partial charge in [-0.05, 0) is 48.5 Å². The minimum atomic E-state index is -1.18. The van der Waals surface area contributed by atoms with E-state index in [1.165, 1.54) is 19.4 Å². The Kier molecular flexibility index (Phi) is 6.31. The van der Waals surface area contributed by atoms with Gasteiger partial charge in [-0.25, -0.2) is 4.79 Å². The first-order chi connectivity index (χ1) is 14.0. The Hall–Kier alpha value is -3.58. The zero-order chi connectivity index (χ0) is 20.8. The first-order valence-electron chi connectivity index (χ1n) is 8.57. The summed E-state index contributed by atoms with van der Waals surface area (Å²) in [6.07, 6.45) is 0.171. The van der Waals surface area contributed by atoms with Crippen LogP contribution >= 0.6 is 11.6 Å². The fraction of sp³-hybridized carbons (Fsp3) is 0.0952. The van der Waals surface area contributed by atoms with Gasteiger partial charge < -0.3 is 19.8 Å². The Morgan fingerprint density at radius 1 is 1.00 bits per heavy atom. The second-order valence-electron chi connectivity index (χ2n) is 5.94. The van der Waals surface area contributed by atoms with Gasteiger partial charge in [-0.15, -0.1) is 0 Å². The lowest BCUT2D eigenvalue weighted by atomic mass is 10.1. The topological polar surface area (TPSA) is 97.6 Å². The van der Waals surface area contributed by atoms with E-state index in [4.69, 9.17) is 20.8 Å². The Morgan fingerprint density at radius 2 is 1.72 bits per heavy atom. The number of ketones is 1. The van der Waals surface area contributed by atoms with E-state index in [1.54, 1.807) is 54.6 Å². The zero-order valence-electron chi connectivity index (χ0n) is 15.3. The molecule has 1 amide bonds. The molecule has 0 radical (unpaired) electrons. The van der Waals surface area contributed by atoms with Crippen LogP contribution in [0.25, 0.3) is 0 Å². The van der Waals surface area contributed by atoms with Crippen molar-refractivity contribution in [3.8, 4) is 0 Å². The van der Waals surface area contributed by atoms with Gasteiger partial charge in [0, 0.05) is 10.6 Å². The van der Waals surface area contributed by atoms with Gasteiger partial charge in [0.1, 0.15) is 0 Å². The molecule has 0 saturated carbocycles. The summed E-state index contributed by atoms with van der Waals surface area (Å²) in [6.45, 7) is 0. The molecule has 3 rings (SSSR count).